The zero-order valence-electron chi connectivity index (χ0n) is 19.8. The molecule has 35 heavy (non-hydrogen) atoms. The van der Waals surface area contributed by atoms with Crippen molar-refractivity contribution in [2.45, 2.75) is 33.2 Å². The lowest BCUT2D eigenvalue weighted by Gasteiger charge is -2.26. The molecule has 10 nitrogen and oxygen atoms in total. The van der Waals surface area contributed by atoms with E-state index < -0.39 is 6.09 Å². The van der Waals surface area contributed by atoms with E-state index in [4.69, 9.17) is 15.6 Å². The Kier molecular flexibility index (Phi) is 5.64. The molecule has 0 bridgehead atoms. The molecule has 2 aromatic heterocycles. The predicted molar refractivity (Wildman–Crippen MR) is 135 cm³/mol. The fraction of sp³-hybridized carbons (Fsp3) is 0.280. The van der Waals surface area contributed by atoms with Crippen LogP contribution in [0.1, 0.15) is 36.6 Å². The summed E-state index contributed by atoms with van der Waals surface area (Å²) in [7, 11) is 0. The molecule has 180 valence electrons. The minimum atomic E-state index is -1.17. The number of aryl methyl sites for hydroxylation is 1. The Morgan fingerprint density at radius 2 is 1.94 bits per heavy atom. The smallest absolute Gasteiger partial charge is 0.411 e. The molecular formula is C25H27N7O3. The van der Waals surface area contributed by atoms with Crippen molar-refractivity contribution >= 4 is 34.8 Å². The third-order valence-electron chi connectivity index (χ3n) is 6.09. The van der Waals surface area contributed by atoms with Crippen LogP contribution in [0.15, 0.2) is 36.4 Å². The van der Waals surface area contributed by atoms with Crippen LogP contribution in [0.3, 0.4) is 0 Å². The molecule has 4 aromatic rings. The number of imidazole rings is 1. The topological polar surface area (TPSA) is 142 Å². The van der Waals surface area contributed by atoms with E-state index in [2.05, 4.69) is 50.1 Å². The molecule has 10 heteroatoms. The van der Waals surface area contributed by atoms with Crippen LogP contribution in [0.2, 0.25) is 0 Å². The van der Waals surface area contributed by atoms with Crippen LogP contribution in [-0.2, 0) is 6.54 Å². The van der Waals surface area contributed by atoms with Gasteiger partial charge in [-0.15, -0.1) is 0 Å². The molecule has 0 aliphatic carbocycles. The van der Waals surface area contributed by atoms with Crippen LogP contribution < -0.4 is 20.7 Å². The number of carbonyl (C=O) groups is 1. The number of nitrogens with two attached hydrogens (primary N) is 1. The van der Waals surface area contributed by atoms with Crippen molar-refractivity contribution in [2.75, 3.05) is 29.1 Å². The first-order chi connectivity index (χ1) is 16.8. The van der Waals surface area contributed by atoms with Crippen molar-refractivity contribution in [3.63, 3.8) is 0 Å². The Bertz CT molecular complexity index is 1430. The van der Waals surface area contributed by atoms with Gasteiger partial charge in [0.15, 0.2) is 0 Å². The maximum atomic E-state index is 10.9. The molecule has 0 atom stereocenters. The number of amides is 1. The standard InChI is InChI=1S/C25H27N7O3/c1-13(2)21-14(3)27-23(26)30-22(21)32-8-9-35-20-7-5-15(10-17(20)12-32)16-4-6-18-19(11-16)29-24(28-18)31-25(33)34/h4-7,10-11,13H,8-9,12H2,1-3H3,(H,33,34)(H2,26,27,30)(H2,28,29,31). The zero-order chi connectivity index (χ0) is 24.7. The number of carboxylic acid groups (broad SMARTS) is 1. The summed E-state index contributed by atoms with van der Waals surface area (Å²) >= 11 is 0. The van der Waals surface area contributed by atoms with Gasteiger partial charge in [0.25, 0.3) is 0 Å². The molecule has 1 aliphatic heterocycles. The number of benzene rings is 2. The highest BCUT2D eigenvalue weighted by molar-refractivity contribution is 5.87. The molecule has 1 amide bonds. The highest BCUT2D eigenvalue weighted by Gasteiger charge is 2.23. The van der Waals surface area contributed by atoms with Crippen LogP contribution >= 0.6 is 0 Å². The van der Waals surface area contributed by atoms with Gasteiger partial charge in [0.05, 0.1) is 17.6 Å². The minimum absolute atomic E-state index is 0.191. The molecule has 5 N–H and O–H groups in total. The molecule has 0 saturated heterocycles. The first-order valence-corrected chi connectivity index (χ1v) is 11.4. The van der Waals surface area contributed by atoms with Gasteiger partial charge in [-0.05, 0) is 48.2 Å². The van der Waals surface area contributed by atoms with Crippen LogP contribution in [0, 0.1) is 6.92 Å². The summed E-state index contributed by atoms with van der Waals surface area (Å²) < 4.78 is 6.07. The van der Waals surface area contributed by atoms with Crippen molar-refractivity contribution in [1.29, 1.82) is 0 Å². The monoisotopic (exact) mass is 473 g/mol. The SMILES string of the molecule is Cc1nc(N)nc(N2CCOc3ccc(-c4ccc5nc(NC(=O)O)[nH]c5c4)cc3C2)c1C(C)C. The lowest BCUT2D eigenvalue weighted by atomic mass is 10.00. The quantitative estimate of drug-likeness (QED) is 0.339. The average molecular weight is 474 g/mol. The molecule has 0 saturated carbocycles. The van der Waals surface area contributed by atoms with Gasteiger partial charge in [-0.25, -0.2) is 14.8 Å². The molecule has 0 radical (unpaired) electrons. The van der Waals surface area contributed by atoms with Crippen molar-refractivity contribution in [2.24, 2.45) is 0 Å². The number of nitrogen functional groups attached to an aromatic ring is 1. The normalized spacial score (nSPS) is 13.4. The molecule has 2 aromatic carbocycles. The second-order valence-electron chi connectivity index (χ2n) is 8.90. The van der Waals surface area contributed by atoms with Crippen LogP contribution in [0.4, 0.5) is 22.5 Å². The molecule has 5 rings (SSSR count). The van der Waals surface area contributed by atoms with Gasteiger partial charge < -0.3 is 25.5 Å². The van der Waals surface area contributed by atoms with Crippen molar-refractivity contribution in [1.82, 2.24) is 19.9 Å². The van der Waals surface area contributed by atoms with Crippen LogP contribution in [0.5, 0.6) is 5.75 Å². The minimum Gasteiger partial charge on any atom is -0.491 e. The van der Waals surface area contributed by atoms with Crippen LogP contribution in [-0.4, -0.2) is 44.3 Å². The molecule has 0 spiro atoms. The van der Waals surface area contributed by atoms with Gasteiger partial charge in [-0.2, -0.15) is 4.98 Å². The third-order valence-corrected chi connectivity index (χ3v) is 6.09. The maximum Gasteiger partial charge on any atom is 0.411 e. The molecule has 3 heterocycles. The number of aromatic amines is 1. The van der Waals surface area contributed by atoms with Crippen molar-refractivity contribution in [3.8, 4) is 16.9 Å². The number of H-pyrrole nitrogens is 1. The number of hydrogen-bond donors (Lipinski definition) is 4. The van der Waals surface area contributed by atoms with Crippen molar-refractivity contribution < 1.29 is 14.6 Å². The van der Waals surface area contributed by atoms with Gasteiger partial charge in [0.2, 0.25) is 11.9 Å². The highest BCUT2D eigenvalue weighted by atomic mass is 16.5. The van der Waals surface area contributed by atoms with Gasteiger partial charge in [-0.1, -0.05) is 26.0 Å². The number of nitrogens with zero attached hydrogens (tertiary/aromatic N) is 4. The molecule has 1 aliphatic rings. The van der Waals surface area contributed by atoms with E-state index in [1.807, 2.05) is 37.3 Å². The molecule has 0 fully saturated rings. The Morgan fingerprint density at radius 1 is 1.17 bits per heavy atom. The van der Waals surface area contributed by atoms with E-state index in [0.29, 0.717) is 25.2 Å². The zero-order valence-corrected chi connectivity index (χ0v) is 19.8. The van der Waals surface area contributed by atoms with Crippen LogP contribution in [0.25, 0.3) is 22.2 Å². The van der Waals surface area contributed by atoms with Gasteiger partial charge in [0.1, 0.15) is 18.2 Å². The number of hydrogen-bond acceptors (Lipinski definition) is 7. The van der Waals surface area contributed by atoms with Crippen molar-refractivity contribution in [3.05, 3.63) is 53.2 Å². The third kappa shape index (κ3) is 4.42. The number of aromatic nitrogens is 4. The van der Waals surface area contributed by atoms with E-state index >= 15 is 0 Å². The van der Waals surface area contributed by atoms with E-state index in [1.165, 1.54) is 0 Å². The van der Waals surface area contributed by atoms with E-state index in [1.54, 1.807) is 0 Å². The van der Waals surface area contributed by atoms with E-state index in [9.17, 15) is 4.79 Å². The largest absolute Gasteiger partial charge is 0.491 e. The first-order valence-electron chi connectivity index (χ1n) is 11.4. The highest BCUT2D eigenvalue weighted by Crippen LogP contribution is 2.34. The fourth-order valence-corrected chi connectivity index (χ4v) is 4.61. The summed E-state index contributed by atoms with van der Waals surface area (Å²) in [6.07, 6.45) is -1.17. The Labute approximate surface area is 202 Å². The maximum absolute atomic E-state index is 10.9. The number of nitrogens with one attached hydrogen (secondary N) is 2. The summed E-state index contributed by atoms with van der Waals surface area (Å²) in [5, 5.41) is 11.2. The summed E-state index contributed by atoms with van der Waals surface area (Å²) in [5.41, 5.74) is 12.5. The summed E-state index contributed by atoms with van der Waals surface area (Å²) in [6.45, 7) is 8.08. The summed E-state index contributed by atoms with van der Waals surface area (Å²) in [6, 6.07) is 11.9. The van der Waals surface area contributed by atoms with Gasteiger partial charge in [0, 0.05) is 23.4 Å². The lowest BCUT2D eigenvalue weighted by Crippen LogP contribution is -2.28. The fourth-order valence-electron chi connectivity index (χ4n) is 4.61. The second kappa shape index (κ2) is 8.79. The average Bonchev–Trinajstić information content (AvgIpc) is 3.05. The Morgan fingerprint density at radius 3 is 2.71 bits per heavy atom. The predicted octanol–water partition coefficient (Wildman–Crippen LogP) is 4.52. The summed E-state index contributed by atoms with van der Waals surface area (Å²) in [4.78, 5) is 29.4. The summed E-state index contributed by atoms with van der Waals surface area (Å²) in [5.74, 6) is 2.41. The van der Waals surface area contributed by atoms with Gasteiger partial charge >= 0.3 is 6.09 Å². The van der Waals surface area contributed by atoms with E-state index in [-0.39, 0.29) is 17.8 Å². The lowest BCUT2D eigenvalue weighted by molar-refractivity contribution is 0.209. The number of ether oxygens (including phenoxy) is 1. The molecular weight excluding hydrogens is 446 g/mol. The molecule has 0 unspecified atom stereocenters. The Hall–Kier alpha value is -4.34. The Balaban J connectivity index is 1.50. The first kappa shape index (κ1) is 22.5. The second-order valence-corrected chi connectivity index (χ2v) is 8.90. The number of fused-ring (bicyclic) bond motifs is 2. The van der Waals surface area contributed by atoms with Gasteiger partial charge in [-0.3, -0.25) is 5.32 Å². The van der Waals surface area contributed by atoms with E-state index in [0.717, 1.165) is 45.0 Å². The number of anilines is 3. The number of rotatable bonds is 4.